The molecule has 0 aliphatic carbocycles. The Morgan fingerprint density at radius 3 is 2.61 bits per heavy atom. The van der Waals surface area contributed by atoms with Crippen molar-refractivity contribution in [1.29, 1.82) is 0 Å². The van der Waals surface area contributed by atoms with Crippen LogP contribution >= 0.6 is 0 Å². The molecule has 0 amide bonds. The van der Waals surface area contributed by atoms with Gasteiger partial charge in [-0.3, -0.25) is 0 Å². The molecule has 2 aliphatic heterocycles. The van der Waals surface area contributed by atoms with Crippen LogP contribution in [0, 0.1) is 0 Å². The smallest absolute Gasteiger partial charge is 0.119 e. The van der Waals surface area contributed by atoms with Gasteiger partial charge in [0.05, 0.1) is 12.2 Å². The minimum atomic E-state index is 0.00987. The predicted molar refractivity (Wildman–Crippen MR) is 68.8 cm³/mol. The topological polar surface area (TPSA) is 27.7 Å². The van der Waals surface area contributed by atoms with E-state index in [2.05, 4.69) is 0 Å². The normalized spacial score (nSPS) is 27.0. The minimum absolute atomic E-state index is 0.00987. The van der Waals surface area contributed by atoms with Gasteiger partial charge in [0.15, 0.2) is 0 Å². The molecule has 0 radical (unpaired) electrons. The lowest BCUT2D eigenvalue weighted by Gasteiger charge is -2.43. The Morgan fingerprint density at radius 2 is 1.83 bits per heavy atom. The van der Waals surface area contributed by atoms with Crippen LogP contribution in [0.1, 0.15) is 25.7 Å². The molecule has 1 atom stereocenters. The Bertz CT molecular complexity index is 365. The third-order valence-corrected chi connectivity index (χ3v) is 3.90. The van der Waals surface area contributed by atoms with Crippen LogP contribution in [-0.2, 0) is 9.47 Å². The molecular formula is C15H20O3. The fourth-order valence-corrected chi connectivity index (χ4v) is 2.87. The Kier molecular flexibility index (Phi) is 3.52. The maximum Gasteiger partial charge on any atom is 0.119 e. The Morgan fingerprint density at radius 1 is 1.06 bits per heavy atom. The average molecular weight is 248 g/mol. The summed E-state index contributed by atoms with van der Waals surface area (Å²) in [4.78, 5) is 0. The van der Waals surface area contributed by atoms with E-state index in [0.29, 0.717) is 0 Å². The number of para-hydroxylation sites is 1. The third-order valence-electron chi connectivity index (χ3n) is 3.90. The largest absolute Gasteiger partial charge is 0.490 e. The molecule has 1 aromatic carbocycles. The second-order valence-corrected chi connectivity index (χ2v) is 5.19. The summed E-state index contributed by atoms with van der Waals surface area (Å²) in [7, 11) is 0. The molecule has 1 spiro atoms. The molecule has 1 unspecified atom stereocenters. The molecule has 18 heavy (non-hydrogen) atoms. The highest BCUT2D eigenvalue weighted by Crippen LogP contribution is 2.35. The molecule has 0 N–H and O–H groups in total. The second-order valence-electron chi connectivity index (χ2n) is 5.19. The summed E-state index contributed by atoms with van der Waals surface area (Å²) in [6.07, 6.45) is 4.26. The standard InChI is InChI=1S/C15H20O3/c1-2-4-13(5-3-1)18-14-6-9-17-15(12-14)7-10-16-11-8-15/h1-5,14H,6-12H2. The average Bonchev–Trinajstić information content (AvgIpc) is 2.41. The van der Waals surface area contributed by atoms with Crippen molar-refractivity contribution < 1.29 is 14.2 Å². The van der Waals surface area contributed by atoms with Crippen LogP contribution in [0.15, 0.2) is 30.3 Å². The maximum absolute atomic E-state index is 6.06. The molecule has 1 aromatic rings. The van der Waals surface area contributed by atoms with Crippen molar-refractivity contribution in [3.63, 3.8) is 0 Å². The number of ether oxygens (including phenoxy) is 3. The molecule has 2 heterocycles. The van der Waals surface area contributed by atoms with Gasteiger partial charge < -0.3 is 14.2 Å². The molecule has 0 saturated carbocycles. The fourth-order valence-electron chi connectivity index (χ4n) is 2.87. The highest BCUT2D eigenvalue weighted by Gasteiger charge is 2.39. The molecule has 3 heteroatoms. The van der Waals surface area contributed by atoms with Crippen molar-refractivity contribution in [3.8, 4) is 5.75 Å². The van der Waals surface area contributed by atoms with Gasteiger partial charge in [0.25, 0.3) is 0 Å². The summed E-state index contributed by atoms with van der Waals surface area (Å²) in [5.41, 5.74) is 0.00987. The van der Waals surface area contributed by atoms with E-state index in [-0.39, 0.29) is 11.7 Å². The van der Waals surface area contributed by atoms with Gasteiger partial charge in [-0.2, -0.15) is 0 Å². The van der Waals surface area contributed by atoms with Gasteiger partial charge in [-0.05, 0) is 25.0 Å². The van der Waals surface area contributed by atoms with Crippen molar-refractivity contribution in [2.24, 2.45) is 0 Å². The van der Waals surface area contributed by atoms with E-state index in [9.17, 15) is 0 Å². The van der Waals surface area contributed by atoms with Crippen LogP contribution < -0.4 is 4.74 Å². The first-order chi connectivity index (χ1) is 8.86. The van der Waals surface area contributed by atoms with Crippen LogP contribution in [0.4, 0.5) is 0 Å². The van der Waals surface area contributed by atoms with Gasteiger partial charge in [0.2, 0.25) is 0 Å². The molecule has 3 rings (SSSR count). The molecule has 3 nitrogen and oxygen atoms in total. The van der Waals surface area contributed by atoms with Crippen LogP contribution in [-0.4, -0.2) is 31.5 Å². The van der Waals surface area contributed by atoms with E-state index in [4.69, 9.17) is 14.2 Å². The SMILES string of the molecule is c1ccc(OC2CCOC3(CCOCC3)C2)cc1. The quantitative estimate of drug-likeness (QED) is 0.805. The zero-order valence-electron chi connectivity index (χ0n) is 10.6. The Hall–Kier alpha value is -1.06. The van der Waals surface area contributed by atoms with Gasteiger partial charge in [-0.1, -0.05) is 18.2 Å². The second kappa shape index (κ2) is 5.29. The van der Waals surface area contributed by atoms with E-state index in [1.807, 2.05) is 30.3 Å². The molecular weight excluding hydrogens is 228 g/mol. The first-order valence-electron chi connectivity index (χ1n) is 6.80. The zero-order valence-corrected chi connectivity index (χ0v) is 10.6. The lowest BCUT2D eigenvalue weighted by molar-refractivity contribution is -0.155. The van der Waals surface area contributed by atoms with Gasteiger partial charge >= 0.3 is 0 Å². The van der Waals surface area contributed by atoms with Crippen molar-refractivity contribution in [2.45, 2.75) is 37.4 Å². The number of hydrogen-bond donors (Lipinski definition) is 0. The van der Waals surface area contributed by atoms with Gasteiger partial charge in [-0.15, -0.1) is 0 Å². The zero-order chi connectivity index (χ0) is 12.3. The highest BCUT2D eigenvalue weighted by molar-refractivity contribution is 5.21. The number of rotatable bonds is 2. The van der Waals surface area contributed by atoms with E-state index >= 15 is 0 Å². The number of benzene rings is 1. The monoisotopic (exact) mass is 248 g/mol. The van der Waals surface area contributed by atoms with Crippen LogP contribution in [0.2, 0.25) is 0 Å². The molecule has 98 valence electrons. The van der Waals surface area contributed by atoms with Gasteiger partial charge in [0.1, 0.15) is 11.9 Å². The van der Waals surface area contributed by atoms with E-state index in [0.717, 1.165) is 51.3 Å². The molecule has 0 aromatic heterocycles. The van der Waals surface area contributed by atoms with Gasteiger partial charge in [-0.25, -0.2) is 0 Å². The summed E-state index contributed by atoms with van der Waals surface area (Å²) < 4.78 is 17.5. The van der Waals surface area contributed by atoms with Crippen molar-refractivity contribution in [1.82, 2.24) is 0 Å². The fraction of sp³-hybridized carbons (Fsp3) is 0.600. The first-order valence-corrected chi connectivity index (χ1v) is 6.80. The van der Waals surface area contributed by atoms with Crippen molar-refractivity contribution >= 4 is 0 Å². The van der Waals surface area contributed by atoms with Gasteiger partial charge in [0, 0.05) is 26.1 Å². The van der Waals surface area contributed by atoms with Crippen molar-refractivity contribution in [2.75, 3.05) is 19.8 Å². The Labute approximate surface area is 108 Å². The molecule has 2 fully saturated rings. The number of hydrogen-bond acceptors (Lipinski definition) is 3. The van der Waals surface area contributed by atoms with E-state index < -0.39 is 0 Å². The molecule has 0 bridgehead atoms. The summed E-state index contributed by atoms with van der Waals surface area (Å²) in [6.45, 7) is 2.44. The van der Waals surface area contributed by atoms with Crippen LogP contribution in [0.3, 0.4) is 0 Å². The summed E-state index contributed by atoms with van der Waals surface area (Å²) in [5.74, 6) is 0.964. The highest BCUT2D eigenvalue weighted by atomic mass is 16.5. The first kappa shape index (κ1) is 12.0. The third kappa shape index (κ3) is 2.68. The maximum atomic E-state index is 6.06. The Balaban J connectivity index is 1.63. The lowest BCUT2D eigenvalue weighted by Crippen LogP contribution is -2.47. The lowest BCUT2D eigenvalue weighted by atomic mass is 9.85. The van der Waals surface area contributed by atoms with Crippen LogP contribution in [0.5, 0.6) is 5.75 Å². The molecule has 2 aliphatic rings. The summed E-state index contributed by atoms with van der Waals surface area (Å²) in [5, 5.41) is 0. The minimum Gasteiger partial charge on any atom is -0.490 e. The van der Waals surface area contributed by atoms with E-state index in [1.54, 1.807) is 0 Å². The summed E-state index contributed by atoms with van der Waals surface area (Å²) in [6, 6.07) is 10.1. The predicted octanol–water partition coefficient (Wildman–Crippen LogP) is 2.79. The summed E-state index contributed by atoms with van der Waals surface area (Å²) >= 11 is 0. The van der Waals surface area contributed by atoms with Crippen LogP contribution in [0.25, 0.3) is 0 Å². The van der Waals surface area contributed by atoms with Crippen molar-refractivity contribution in [3.05, 3.63) is 30.3 Å². The molecule has 2 saturated heterocycles. The van der Waals surface area contributed by atoms with E-state index in [1.165, 1.54) is 0 Å².